The molecule has 1 aromatic heterocycles. The molecule has 2 aromatic carbocycles. The van der Waals surface area contributed by atoms with Gasteiger partial charge in [0.25, 0.3) is 5.91 Å². The third-order valence-corrected chi connectivity index (χ3v) is 7.05. The van der Waals surface area contributed by atoms with E-state index in [1.54, 1.807) is 0 Å². The standard InChI is InChI=1S/C24H28N6O3S/c1-29(2)16-9-11-30(12-10-16)17-6-4-15(5-7-17)27-24-28-22(25)21(34-24)20(32)14-3-8-19(31)18(13-14)23(26)33/h3-8,13,16,31H,9-12,25H2,1-2H3,(H2,26,33)(H,27,28). The van der Waals surface area contributed by atoms with E-state index in [2.05, 4.69) is 46.3 Å². The van der Waals surface area contributed by atoms with Crippen LogP contribution >= 0.6 is 11.3 Å². The second-order valence-corrected chi connectivity index (χ2v) is 9.51. The lowest BCUT2D eigenvalue weighted by molar-refractivity contribution is 0.0997. The van der Waals surface area contributed by atoms with Gasteiger partial charge in [-0.3, -0.25) is 9.59 Å². The summed E-state index contributed by atoms with van der Waals surface area (Å²) in [7, 11) is 4.27. The summed E-state index contributed by atoms with van der Waals surface area (Å²) in [5, 5.41) is 13.4. The molecule has 1 saturated heterocycles. The molecule has 1 fully saturated rings. The maximum Gasteiger partial charge on any atom is 0.252 e. The Kier molecular flexibility index (Phi) is 6.71. The van der Waals surface area contributed by atoms with Gasteiger partial charge < -0.3 is 31.7 Å². The molecule has 2 heterocycles. The third kappa shape index (κ3) is 4.97. The first-order valence-corrected chi connectivity index (χ1v) is 11.8. The first-order chi connectivity index (χ1) is 16.2. The maximum atomic E-state index is 12.9. The van der Waals surface area contributed by atoms with Crippen LogP contribution in [0.4, 0.5) is 22.3 Å². The van der Waals surface area contributed by atoms with E-state index in [4.69, 9.17) is 11.5 Å². The molecule has 10 heteroatoms. The fourth-order valence-electron chi connectivity index (χ4n) is 4.07. The lowest BCUT2D eigenvalue weighted by atomic mass is 10.0. The average Bonchev–Trinajstić information content (AvgIpc) is 3.19. The van der Waals surface area contributed by atoms with Gasteiger partial charge in [-0.2, -0.15) is 0 Å². The van der Waals surface area contributed by atoms with Crippen molar-refractivity contribution in [3.63, 3.8) is 0 Å². The highest BCUT2D eigenvalue weighted by atomic mass is 32.1. The zero-order valence-electron chi connectivity index (χ0n) is 19.1. The smallest absolute Gasteiger partial charge is 0.252 e. The molecule has 0 unspecified atom stereocenters. The Balaban J connectivity index is 1.44. The summed E-state index contributed by atoms with van der Waals surface area (Å²) in [4.78, 5) is 33.6. The summed E-state index contributed by atoms with van der Waals surface area (Å²) in [6.07, 6.45) is 2.29. The van der Waals surface area contributed by atoms with E-state index >= 15 is 0 Å². The summed E-state index contributed by atoms with van der Waals surface area (Å²) >= 11 is 1.12. The fourth-order valence-corrected chi connectivity index (χ4v) is 4.94. The molecule has 3 aromatic rings. The highest BCUT2D eigenvalue weighted by Crippen LogP contribution is 2.31. The van der Waals surface area contributed by atoms with Crippen LogP contribution < -0.4 is 21.7 Å². The van der Waals surface area contributed by atoms with Crippen LogP contribution in [-0.4, -0.2) is 59.9 Å². The van der Waals surface area contributed by atoms with Gasteiger partial charge in [-0.15, -0.1) is 0 Å². The second-order valence-electron chi connectivity index (χ2n) is 8.51. The third-order valence-electron chi connectivity index (χ3n) is 6.06. The van der Waals surface area contributed by atoms with Crippen LogP contribution in [0.1, 0.15) is 38.4 Å². The number of nitrogens with one attached hydrogen (secondary N) is 1. The SMILES string of the molecule is CN(C)C1CCN(c2ccc(Nc3nc(N)c(C(=O)c4ccc(O)c(C(N)=O)c4)s3)cc2)CC1. The molecule has 1 aliphatic heterocycles. The predicted molar refractivity (Wildman–Crippen MR) is 135 cm³/mol. The summed E-state index contributed by atoms with van der Waals surface area (Å²) in [6, 6.07) is 12.7. The van der Waals surface area contributed by atoms with Crippen LogP contribution in [0.25, 0.3) is 0 Å². The highest BCUT2D eigenvalue weighted by Gasteiger charge is 2.22. The number of rotatable bonds is 7. The van der Waals surface area contributed by atoms with E-state index in [1.807, 2.05) is 12.1 Å². The van der Waals surface area contributed by atoms with Gasteiger partial charge in [-0.25, -0.2) is 4.98 Å². The fraction of sp³-hybridized carbons (Fsp3) is 0.292. The van der Waals surface area contributed by atoms with Gasteiger partial charge >= 0.3 is 0 Å². The average molecular weight is 481 g/mol. The van der Waals surface area contributed by atoms with Crippen LogP contribution in [0.2, 0.25) is 0 Å². The number of hydrogen-bond acceptors (Lipinski definition) is 9. The molecule has 0 atom stereocenters. The Hall–Kier alpha value is -3.63. The van der Waals surface area contributed by atoms with Crippen molar-refractivity contribution in [1.29, 1.82) is 0 Å². The Morgan fingerprint density at radius 2 is 1.82 bits per heavy atom. The van der Waals surface area contributed by atoms with Crippen molar-refractivity contribution < 1.29 is 14.7 Å². The van der Waals surface area contributed by atoms with Crippen molar-refractivity contribution in [2.24, 2.45) is 5.73 Å². The number of thiazole rings is 1. The number of benzene rings is 2. The van der Waals surface area contributed by atoms with Crippen molar-refractivity contribution in [2.45, 2.75) is 18.9 Å². The normalized spacial score (nSPS) is 14.4. The number of hydrogen-bond donors (Lipinski definition) is 4. The summed E-state index contributed by atoms with van der Waals surface area (Å²) in [6.45, 7) is 2.05. The zero-order chi connectivity index (χ0) is 24.4. The minimum absolute atomic E-state index is 0.0894. The summed E-state index contributed by atoms with van der Waals surface area (Å²) in [5.74, 6) is -1.42. The molecular formula is C24H28N6O3S. The minimum Gasteiger partial charge on any atom is -0.507 e. The van der Waals surface area contributed by atoms with E-state index < -0.39 is 11.7 Å². The van der Waals surface area contributed by atoms with Gasteiger partial charge in [0.2, 0.25) is 5.78 Å². The Bertz CT molecular complexity index is 1200. The number of amides is 1. The van der Waals surface area contributed by atoms with E-state index in [9.17, 15) is 14.7 Å². The van der Waals surface area contributed by atoms with Crippen molar-refractivity contribution in [3.8, 4) is 5.75 Å². The van der Waals surface area contributed by atoms with Gasteiger partial charge in [0.05, 0.1) is 5.56 Å². The molecule has 1 aliphatic rings. The zero-order valence-corrected chi connectivity index (χ0v) is 19.9. The molecule has 0 bridgehead atoms. The Morgan fingerprint density at radius 3 is 2.44 bits per heavy atom. The molecule has 34 heavy (non-hydrogen) atoms. The minimum atomic E-state index is -0.822. The van der Waals surface area contributed by atoms with E-state index in [1.165, 1.54) is 23.9 Å². The highest BCUT2D eigenvalue weighted by molar-refractivity contribution is 7.18. The number of carbonyl (C=O) groups is 2. The maximum absolute atomic E-state index is 12.9. The van der Waals surface area contributed by atoms with Crippen molar-refractivity contribution >= 4 is 45.4 Å². The Labute approximate surface area is 202 Å². The van der Waals surface area contributed by atoms with Crippen LogP contribution in [0.15, 0.2) is 42.5 Å². The van der Waals surface area contributed by atoms with Gasteiger partial charge in [-0.1, -0.05) is 11.3 Å². The second kappa shape index (κ2) is 9.70. The van der Waals surface area contributed by atoms with Crippen LogP contribution in [-0.2, 0) is 0 Å². The largest absolute Gasteiger partial charge is 0.507 e. The number of ketones is 1. The number of nitrogens with zero attached hydrogens (tertiary/aromatic N) is 3. The van der Waals surface area contributed by atoms with Crippen LogP contribution in [0, 0.1) is 0 Å². The first kappa shape index (κ1) is 23.5. The van der Waals surface area contributed by atoms with E-state index in [-0.39, 0.29) is 27.6 Å². The number of aromatic nitrogens is 1. The molecule has 0 saturated carbocycles. The number of primary amides is 1. The predicted octanol–water partition coefficient (Wildman–Crippen LogP) is 3.03. The molecule has 4 rings (SSSR count). The lowest BCUT2D eigenvalue weighted by Crippen LogP contribution is -2.41. The van der Waals surface area contributed by atoms with E-state index in [0.717, 1.165) is 43.0 Å². The van der Waals surface area contributed by atoms with Gasteiger partial charge in [0, 0.05) is 36.1 Å². The summed E-state index contributed by atoms with van der Waals surface area (Å²) < 4.78 is 0. The number of aromatic hydroxyl groups is 1. The summed E-state index contributed by atoms with van der Waals surface area (Å²) in [5.41, 5.74) is 13.3. The van der Waals surface area contributed by atoms with Crippen molar-refractivity contribution in [1.82, 2.24) is 9.88 Å². The molecule has 6 N–H and O–H groups in total. The van der Waals surface area contributed by atoms with Crippen LogP contribution in [0.3, 0.4) is 0 Å². The number of anilines is 4. The van der Waals surface area contributed by atoms with Gasteiger partial charge in [0.1, 0.15) is 16.4 Å². The van der Waals surface area contributed by atoms with Crippen molar-refractivity contribution in [3.05, 3.63) is 58.5 Å². The number of nitrogens with two attached hydrogens (primary N) is 2. The lowest BCUT2D eigenvalue weighted by Gasteiger charge is -2.36. The molecule has 1 amide bonds. The monoisotopic (exact) mass is 480 g/mol. The molecule has 0 spiro atoms. The molecule has 178 valence electrons. The molecular weight excluding hydrogens is 452 g/mol. The Morgan fingerprint density at radius 1 is 1.15 bits per heavy atom. The number of phenols is 1. The molecule has 9 nitrogen and oxygen atoms in total. The number of nitrogen functional groups attached to an aromatic ring is 1. The quantitative estimate of drug-likeness (QED) is 0.379. The number of piperidine rings is 1. The van der Waals surface area contributed by atoms with Gasteiger partial charge in [-0.05, 0) is 69.4 Å². The van der Waals surface area contributed by atoms with Crippen LogP contribution in [0.5, 0.6) is 5.75 Å². The molecule has 0 aliphatic carbocycles. The first-order valence-electron chi connectivity index (χ1n) is 10.9. The van der Waals surface area contributed by atoms with Gasteiger partial charge in [0.15, 0.2) is 5.13 Å². The number of carbonyl (C=O) groups excluding carboxylic acids is 2. The van der Waals surface area contributed by atoms with Crippen molar-refractivity contribution in [2.75, 3.05) is 43.1 Å². The molecule has 0 radical (unpaired) electrons. The van der Waals surface area contributed by atoms with E-state index in [0.29, 0.717) is 11.2 Å². The topological polar surface area (TPSA) is 138 Å².